The molecule has 0 fully saturated rings. The third-order valence-electron chi connectivity index (χ3n) is 4.62. The Morgan fingerprint density at radius 3 is 2.80 bits per heavy atom. The van der Waals surface area contributed by atoms with E-state index in [9.17, 15) is 9.18 Å². The molecular formula is C22H19FN4O3. The summed E-state index contributed by atoms with van der Waals surface area (Å²) in [7, 11) is 1.40. The molecule has 0 aliphatic carbocycles. The molecule has 0 spiro atoms. The number of anilines is 1. The number of amides is 1. The summed E-state index contributed by atoms with van der Waals surface area (Å²) in [5.74, 6) is -0.0918. The standard InChI is InChI=1S/C22H19FN4O3/c1-14-6-3-4-7-17(14)24-20(28)13-27-11-5-8-18(27)22-25-21(26-30-22)15-9-10-19(29-2)16(23)12-15/h3-12H,13H2,1-2H3,(H,24,28). The van der Waals surface area contributed by atoms with Gasteiger partial charge in [0, 0.05) is 17.4 Å². The smallest absolute Gasteiger partial charge is 0.274 e. The number of hydrogen-bond donors (Lipinski definition) is 1. The Hall–Kier alpha value is -3.94. The summed E-state index contributed by atoms with van der Waals surface area (Å²) in [6.07, 6.45) is 1.75. The van der Waals surface area contributed by atoms with Crippen LogP contribution in [0.25, 0.3) is 23.0 Å². The number of carbonyl (C=O) groups excluding carboxylic acids is 1. The van der Waals surface area contributed by atoms with E-state index in [0.717, 1.165) is 11.3 Å². The van der Waals surface area contributed by atoms with Crippen molar-refractivity contribution in [3.63, 3.8) is 0 Å². The van der Waals surface area contributed by atoms with Gasteiger partial charge in [0.15, 0.2) is 11.6 Å². The lowest BCUT2D eigenvalue weighted by Gasteiger charge is -2.10. The third kappa shape index (κ3) is 3.93. The highest BCUT2D eigenvalue weighted by atomic mass is 19.1. The van der Waals surface area contributed by atoms with Gasteiger partial charge >= 0.3 is 0 Å². The molecule has 0 unspecified atom stereocenters. The summed E-state index contributed by atoms with van der Waals surface area (Å²) in [4.78, 5) is 16.8. The monoisotopic (exact) mass is 406 g/mol. The van der Waals surface area contributed by atoms with E-state index in [1.165, 1.54) is 19.2 Å². The zero-order valence-electron chi connectivity index (χ0n) is 16.4. The largest absolute Gasteiger partial charge is 0.494 e. The van der Waals surface area contributed by atoms with Crippen LogP contribution < -0.4 is 10.1 Å². The number of carbonyl (C=O) groups is 1. The number of nitrogens with zero attached hydrogens (tertiary/aromatic N) is 3. The summed E-state index contributed by atoms with van der Waals surface area (Å²) >= 11 is 0. The number of aryl methyl sites for hydroxylation is 1. The topological polar surface area (TPSA) is 82.2 Å². The molecule has 0 aliphatic rings. The lowest BCUT2D eigenvalue weighted by atomic mass is 10.2. The van der Waals surface area contributed by atoms with Gasteiger partial charge in [0.1, 0.15) is 12.2 Å². The number of methoxy groups -OCH3 is 1. The van der Waals surface area contributed by atoms with Crippen LogP contribution in [-0.4, -0.2) is 27.7 Å². The van der Waals surface area contributed by atoms with Gasteiger partial charge in [0.2, 0.25) is 11.7 Å². The first-order valence-corrected chi connectivity index (χ1v) is 9.24. The Morgan fingerprint density at radius 1 is 1.20 bits per heavy atom. The fourth-order valence-corrected chi connectivity index (χ4v) is 3.05. The Bertz CT molecular complexity index is 1200. The highest BCUT2D eigenvalue weighted by Crippen LogP contribution is 2.26. The van der Waals surface area contributed by atoms with Crippen LogP contribution in [0.15, 0.2) is 65.3 Å². The van der Waals surface area contributed by atoms with Gasteiger partial charge in [0.05, 0.1) is 7.11 Å². The van der Waals surface area contributed by atoms with Gasteiger partial charge in [-0.3, -0.25) is 4.79 Å². The van der Waals surface area contributed by atoms with E-state index >= 15 is 0 Å². The molecule has 0 radical (unpaired) electrons. The molecule has 1 N–H and O–H groups in total. The minimum absolute atomic E-state index is 0.0749. The van der Waals surface area contributed by atoms with Crippen molar-refractivity contribution < 1.29 is 18.4 Å². The van der Waals surface area contributed by atoms with Crippen LogP contribution in [-0.2, 0) is 11.3 Å². The van der Waals surface area contributed by atoms with Crippen LogP contribution in [0, 0.1) is 12.7 Å². The number of hydrogen-bond acceptors (Lipinski definition) is 5. The Balaban J connectivity index is 1.53. The molecule has 0 aliphatic heterocycles. The molecule has 7 nitrogen and oxygen atoms in total. The maximum Gasteiger partial charge on any atom is 0.274 e. The van der Waals surface area contributed by atoms with Crippen LogP contribution in [0.5, 0.6) is 5.75 Å². The molecule has 1 amide bonds. The van der Waals surface area contributed by atoms with Crippen molar-refractivity contribution in [1.29, 1.82) is 0 Å². The maximum absolute atomic E-state index is 14.0. The second-order valence-electron chi connectivity index (χ2n) is 6.66. The van der Waals surface area contributed by atoms with E-state index in [1.807, 2.05) is 31.2 Å². The van der Waals surface area contributed by atoms with Gasteiger partial charge in [-0.2, -0.15) is 4.98 Å². The number of ether oxygens (including phenoxy) is 1. The van der Waals surface area contributed by atoms with Gasteiger partial charge in [-0.15, -0.1) is 0 Å². The van der Waals surface area contributed by atoms with Crippen molar-refractivity contribution >= 4 is 11.6 Å². The van der Waals surface area contributed by atoms with E-state index in [4.69, 9.17) is 9.26 Å². The van der Waals surface area contributed by atoms with Crippen LogP contribution in [0.3, 0.4) is 0 Å². The highest BCUT2D eigenvalue weighted by Gasteiger charge is 2.17. The Labute approximate surface area is 172 Å². The third-order valence-corrected chi connectivity index (χ3v) is 4.62. The minimum atomic E-state index is -0.516. The summed E-state index contributed by atoms with van der Waals surface area (Å²) in [5, 5.41) is 6.83. The molecule has 8 heteroatoms. The number of aromatic nitrogens is 3. The zero-order chi connectivity index (χ0) is 21.1. The molecule has 30 heavy (non-hydrogen) atoms. The van der Waals surface area contributed by atoms with Gasteiger partial charge in [-0.1, -0.05) is 23.4 Å². The van der Waals surface area contributed by atoms with Crippen molar-refractivity contribution in [3.05, 3.63) is 72.2 Å². The van der Waals surface area contributed by atoms with Gasteiger partial charge in [-0.05, 0) is 48.9 Å². The molecule has 0 saturated carbocycles. The molecule has 2 aromatic carbocycles. The molecule has 0 saturated heterocycles. The summed E-state index contributed by atoms with van der Waals surface area (Å²) in [6.45, 7) is 2.00. The molecule has 2 heterocycles. The average molecular weight is 406 g/mol. The van der Waals surface area contributed by atoms with Crippen LogP contribution in [0.2, 0.25) is 0 Å². The number of halogens is 1. The number of benzene rings is 2. The minimum Gasteiger partial charge on any atom is -0.494 e. The fourth-order valence-electron chi connectivity index (χ4n) is 3.05. The molecule has 2 aromatic heterocycles. The molecule has 4 rings (SSSR count). The second-order valence-corrected chi connectivity index (χ2v) is 6.66. The van der Waals surface area contributed by atoms with Crippen LogP contribution in [0.4, 0.5) is 10.1 Å². The van der Waals surface area contributed by atoms with Crippen molar-refractivity contribution in [1.82, 2.24) is 14.7 Å². The van der Waals surface area contributed by atoms with Crippen molar-refractivity contribution in [2.45, 2.75) is 13.5 Å². The summed E-state index contributed by atoms with van der Waals surface area (Å²) < 4.78 is 26.0. The normalized spacial score (nSPS) is 10.8. The molecule has 0 atom stereocenters. The second kappa shape index (κ2) is 8.20. The maximum atomic E-state index is 14.0. The first-order valence-electron chi connectivity index (χ1n) is 9.24. The lowest BCUT2D eigenvalue weighted by molar-refractivity contribution is -0.116. The first-order chi connectivity index (χ1) is 14.5. The van der Waals surface area contributed by atoms with Crippen LogP contribution >= 0.6 is 0 Å². The Kier molecular flexibility index (Phi) is 5.30. The lowest BCUT2D eigenvalue weighted by Crippen LogP contribution is -2.19. The quantitative estimate of drug-likeness (QED) is 0.516. The highest BCUT2D eigenvalue weighted by molar-refractivity contribution is 5.91. The van der Waals surface area contributed by atoms with E-state index in [-0.39, 0.29) is 29.9 Å². The van der Waals surface area contributed by atoms with Gasteiger partial charge in [-0.25, -0.2) is 4.39 Å². The fraction of sp³-hybridized carbons (Fsp3) is 0.136. The zero-order valence-corrected chi connectivity index (χ0v) is 16.4. The van der Waals surface area contributed by atoms with Crippen molar-refractivity contribution in [3.8, 4) is 28.7 Å². The summed E-state index contributed by atoms with van der Waals surface area (Å²) in [6, 6.07) is 15.5. The van der Waals surface area contributed by atoms with E-state index in [0.29, 0.717) is 11.3 Å². The van der Waals surface area contributed by atoms with E-state index in [2.05, 4.69) is 15.5 Å². The average Bonchev–Trinajstić information content (AvgIpc) is 3.39. The number of para-hydroxylation sites is 1. The molecule has 4 aromatic rings. The molecule has 0 bridgehead atoms. The Morgan fingerprint density at radius 2 is 2.03 bits per heavy atom. The number of rotatable bonds is 6. The van der Waals surface area contributed by atoms with Gasteiger partial charge in [0.25, 0.3) is 5.89 Å². The molecule has 152 valence electrons. The molecular weight excluding hydrogens is 387 g/mol. The van der Waals surface area contributed by atoms with E-state index < -0.39 is 5.82 Å². The van der Waals surface area contributed by atoms with E-state index in [1.54, 1.807) is 29.0 Å². The van der Waals surface area contributed by atoms with Gasteiger partial charge < -0.3 is 19.1 Å². The first kappa shape index (κ1) is 19.4. The van der Waals surface area contributed by atoms with Crippen LogP contribution in [0.1, 0.15) is 5.56 Å². The predicted octanol–water partition coefficient (Wildman–Crippen LogP) is 4.30. The van der Waals surface area contributed by atoms with Crippen molar-refractivity contribution in [2.24, 2.45) is 0 Å². The predicted molar refractivity (Wildman–Crippen MR) is 109 cm³/mol. The number of nitrogens with one attached hydrogen (secondary N) is 1. The van der Waals surface area contributed by atoms with Crippen molar-refractivity contribution in [2.75, 3.05) is 12.4 Å². The SMILES string of the molecule is COc1ccc(-c2noc(-c3cccn3CC(=O)Nc3ccccc3C)n2)cc1F. The summed E-state index contributed by atoms with van der Waals surface area (Å²) in [5.41, 5.74) is 2.78.